The molecule has 106 valence electrons. The molecule has 1 atom stereocenters. The van der Waals surface area contributed by atoms with Gasteiger partial charge >= 0.3 is 0 Å². The van der Waals surface area contributed by atoms with Gasteiger partial charge < -0.3 is 5.32 Å². The molecule has 0 fully saturated rings. The van der Waals surface area contributed by atoms with Crippen LogP contribution >= 0.6 is 15.9 Å². The Labute approximate surface area is 126 Å². The first kappa shape index (κ1) is 15.1. The zero-order chi connectivity index (χ0) is 14.7. The van der Waals surface area contributed by atoms with Gasteiger partial charge in [0.15, 0.2) is 0 Å². The second-order valence-electron chi connectivity index (χ2n) is 4.72. The van der Waals surface area contributed by atoms with E-state index in [0.717, 1.165) is 11.1 Å². The highest BCUT2D eigenvalue weighted by atomic mass is 79.9. The average Bonchev–Trinajstić information content (AvgIpc) is 2.45. The minimum Gasteiger partial charge on any atom is -0.313 e. The number of likely N-dealkylation sites (N-methyl/N-ethyl adjacent to an activating group) is 1. The predicted octanol–water partition coefficient (Wildman–Crippen LogP) is 4.54. The first-order chi connectivity index (χ1) is 9.54. The lowest BCUT2D eigenvalue weighted by molar-refractivity contribution is 0.511. The van der Waals surface area contributed by atoms with Crippen molar-refractivity contribution in [1.82, 2.24) is 5.32 Å². The summed E-state index contributed by atoms with van der Waals surface area (Å²) in [6.45, 7) is 1.99. The Morgan fingerprint density at radius 3 is 2.50 bits per heavy atom. The van der Waals surface area contributed by atoms with Crippen LogP contribution in [0.4, 0.5) is 8.78 Å². The van der Waals surface area contributed by atoms with Crippen LogP contribution in [0, 0.1) is 18.6 Å². The smallest absolute Gasteiger partial charge is 0.143 e. The largest absolute Gasteiger partial charge is 0.313 e. The average molecular weight is 340 g/mol. The number of aryl methyl sites for hydroxylation is 1. The molecule has 0 saturated carbocycles. The molecule has 2 rings (SSSR count). The highest BCUT2D eigenvalue weighted by Crippen LogP contribution is 2.27. The van der Waals surface area contributed by atoms with Crippen LogP contribution in [0.15, 0.2) is 40.9 Å². The second-order valence-corrected chi connectivity index (χ2v) is 5.58. The fourth-order valence-electron chi connectivity index (χ4n) is 2.31. The lowest BCUT2D eigenvalue weighted by atomic mass is 9.95. The summed E-state index contributed by atoms with van der Waals surface area (Å²) in [4.78, 5) is 0. The number of hydrogen-bond acceptors (Lipinski definition) is 1. The van der Waals surface area contributed by atoms with Crippen LogP contribution in [0.5, 0.6) is 0 Å². The summed E-state index contributed by atoms with van der Waals surface area (Å²) >= 11 is 3.10. The summed E-state index contributed by atoms with van der Waals surface area (Å²) in [6.07, 6.45) is 0.262. The minimum absolute atomic E-state index is 0.0991. The van der Waals surface area contributed by atoms with E-state index in [9.17, 15) is 8.78 Å². The maximum absolute atomic E-state index is 14.1. The Hall–Kier alpha value is -1.26. The van der Waals surface area contributed by atoms with E-state index in [2.05, 4.69) is 21.2 Å². The maximum atomic E-state index is 14.1. The summed E-state index contributed by atoms with van der Waals surface area (Å²) in [6, 6.07) is 10.4. The fourth-order valence-corrected chi connectivity index (χ4v) is 2.68. The van der Waals surface area contributed by atoms with Crippen molar-refractivity contribution in [3.63, 3.8) is 0 Å². The van der Waals surface area contributed by atoms with Gasteiger partial charge in [0.25, 0.3) is 0 Å². The highest BCUT2D eigenvalue weighted by Gasteiger charge is 2.19. The van der Waals surface area contributed by atoms with Gasteiger partial charge in [-0.2, -0.15) is 0 Å². The van der Waals surface area contributed by atoms with Crippen molar-refractivity contribution in [2.45, 2.75) is 19.4 Å². The van der Waals surface area contributed by atoms with Crippen LogP contribution < -0.4 is 5.32 Å². The van der Waals surface area contributed by atoms with Gasteiger partial charge in [0.2, 0.25) is 0 Å². The summed E-state index contributed by atoms with van der Waals surface area (Å²) in [5, 5.41) is 3.13. The van der Waals surface area contributed by atoms with Crippen molar-refractivity contribution < 1.29 is 8.78 Å². The minimum atomic E-state index is -0.529. The molecule has 0 aliphatic heterocycles. The van der Waals surface area contributed by atoms with Gasteiger partial charge in [-0.3, -0.25) is 0 Å². The third-order valence-corrected chi connectivity index (χ3v) is 4.07. The van der Waals surface area contributed by atoms with Crippen molar-refractivity contribution in [1.29, 1.82) is 0 Å². The van der Waals surface area contributed by atoms with Crippen LogP contribution in [0.25, 0.3) is 0 Å². The quantitative estimate of drug-likeness (QED) is 0.806. The van der Waals surface area contributed by atoms with Crippen LogP contribution in [0.3, 0.4) is 0 Å². The predicted molar refractivity (Wildman–Crippen MR) is 80.7 cm³/mol. The molecule has 0 amide bonds. The number of benzene rings is 2. The first-order valence-electron chi connectivity index (χ1n) is 6.39. The van der Waals surface area contributed by atoms with E-state index < -0.39 is 11.6 Å². The molecule has 0 saturated heterocycles. The van der Waals surface area contributed by atoms with Gasteiger partial charge in [-0.25, -0.2) is 8.78 Å². The summed E-state index contributed by atoms with van der Waals surface area (Å²) in [5.41, 5.74) is 2.25. The lowest BCUT2D eigenvalue weighted by Gasteiger charge is -2.20. The van der Waals surface area contributed by atoms with Crippen LogP contribution in [-0.4, -0.2) is 7.05 Å². The molecule has 0 aliphatic carbocycles. The zero-order valence-corrected chi connectivity index (χ0v) is 13.0. The Balaban J connectivity index is 2.37. The second kappa shape index (κ2) is 6.46. The SMILES string of the molecule is CNC(Cc1c(F)ccc(Br)c1F)c1ccccc1C. The topological polar surface area (TPSA) is 12.0 Å². The van der Waals surface area contributed by atoms with E-state index in [1.54, 1.807) is 7.05 Å². The monoisotopic (exact) mass is 339 g/mol. The van der Waals surface area contributed by atoms with E-state index in [0.29, 0.717) is 0 Å². The Morgan fingerprint density at radius 1 is 1.15 bits per heavy atom. The molecular weight excluding hydrogens is 324 g/mol. The van der Waals surface area contributed by atoms with Crippen LogP contribution in [0.2, 0.25) is 0 Å². The van der Waals surface area contributed by atoms with Gasteiger partial charge in [0.05, 0.1) is 4.47 Å². The molecule has 0 aromatic heterocycles. The third-order valence-electron chi connectivity index (χ3n) is 3.46. The zero-order valence-electron chi connectivity index (χ0n) is 11.4. The fraction of sp³-hybridized carbons (Fsp3) is 0.250. The number of nitrogens with one attached hydrogen (secondary N) is 1. The molecule has 0 heterocycles. The summed E-state index contributed by atoms with van der Waals surface area (Å²) in [5.74, 6) is -1.04. The molecule has 0 radical (unpaired) electrons. The number of hydrogen-bond donors (Lipinski definition) is 1. The van der Waals surface area contributed by atoms with Gasteiger partial charge in [0, 0.05) is 11.6 Å². The van der Waals surface area contributed by atoms with Gasteiger partial charge in [-0.05, 0) is 59.6 Å². The Bertz CT molecular complexity index is 613. The van der Waals surface area contributed by atoms with Crippen molar-refractivity contribution >= 4 is 15.9 Å². The van der Waals surface area contributed by atoms with Crippen LogP contribution in [0.1, 0.15) is 22.7 Å². The normalized spacial score (nSPS) is 12.4. The molecule has 0 spiro atoms. The number of rotatable bonds is 4. The van der Waals surface area contributed by atoms with E-state index >= 15 is 0 Å². The highest BCUT2D eigenvalue weighted by molar-refractivity contribution is 9.10. The third kappa shape index (κ3) is 3.07. The van der Waals surface area contributed by atoms with Crippen molar-refractivity contribution in [3.8, 4) is 0 Å². The molecule has 1 unspecified atom stereocenters. The molecule has 4 heteroatoms. The molecule has 0 aliphatic rings. The first-order valence-corrected chi connectivity index (χ1v) is 7.19. The summed E-state index contributed by atoms with van der Waals surface area (Å²) in [7, 11) is 1.80. The van der Waals surface area contributed by atoms with Gasteiger partial charge in [-0.15, -0.1) is 0 Å². The van der Waals surface area contributed by atoms with E-state index in [1.807, 2.05) is 31.2 Å². The van der Waals surface area contributed by atoms with E-state index in [1.165, 1.54) is 12.1 Å². The standard InChI is InChI=1S/C16H16BrF2N/c1-10-5-3-4-6-11(10)15(20-2)9-12-14(18)8-7-13(17)16(12)19/h3-8,15,20H,9H2,1-2H3. The molecular formula is C16H16BrF2N. The summed E-state index contributed by atoms with van der Waals surface area (Å²) < 4.78 is 28.2. The molecule has 2 aromatic carbocycles. The molecule has 20 heavy (non-hydrogen) atoms. The van der Waals surface area contributed by atoms with Crippen molar-refractivity contribution in [3.05, 3.63) is 69.2 Å². The maximum Gasteiger partial charge on any atom is 0.143 e. The molecule has 2 aromatic rings. The lowest BCUT2D eigenvalue weighted by Crippen LogP contribution is -2.21. The Morgan fingerprint density at radius 2 is 1.85 bits per heavy atom. The molecule has 0 bridgehead atoms. The van der Waals surface area contributed by atoms with Crippen LogP contribution in [-0.2, 0) is 6.42 Å². The van der Waals surface area contributed by atoms with Gasteiger partial charge in [-0.1, -0.05) is 24.3 Å². The van der Waals surface area contributed by atoms with E-state index in [-0.39, 0.29) is 22.5 Å². The van der Waals surface area contributed by atoms with Crippen molar-refractivity contribution in [2.24, 2.45) is 0 Å². The molecule has 1 nitrogen and oxygen atoms in total. The van der Waals surface area contributed by atoms with Gasteiger partial charge in [0.1, 0.15) is 11.6 Å². The molecule has 1 N–H and O–H groups in total. The van der Waals surface area contributed by atoms with E-state index in [4.69, 9.17) is 0 Å². The van der Waals surface area contributed by atoms with Crippen molar-refractivity contribution in [2.75, 3.05) is 7.05 Å². The Kier molecular flexibility index (Phi) is 4.89. The number of halogens is 3.